The van der Waals surface area contributed by atoms with Crippen molar-refractivity contribution in [2.75, 3.05) is 6.54 Å². The van der Waals surface area contributed by atoms with Gasteiger partial charge in [-0.3, -0.25) is 0 Å². The molecule has 2 aromatic carbocycles. The standard InChI is InChI=1S/C12H11N3O/c13-15-14-8-7-11-10-4-2-1-3-9(10)5-6-12(11)16/h1-6,16H,7-8H2. The highest BCUT2D eigenvalue weighted by molar-refractivity contribution is 5.87. The molecular weight excluding hydrogens is 202 g/mol. The summed E-state index contributed by atoms with van der Waals surface area (Å²) in [4.78, 5) is 2.70. The monoisotopic (exact) mass is 213 g/mol. The number of rotatable bonds is 3. The summed E-state index contributed by atoms with van der Waals surface area (Å²) in [6, 6.07) is 11.4. The van der Waals surface area contributed by atoms with Gasteiger partial charge in [0.15, 0.2) is 0 Å². The molecule has 0 saturated heterocycles. The molecule has 0 atom stereocenters. The highest BCUT2D eigenvalue weighted by atomic mass is 16.3. The first-order valence-electron chi connectivity index (χ1n) is 5.03. The van der Waals surface area contributed by atoms with Gasteiger partial charge in [-0.15, -0.1) is 0 Å². The van der Waals surface area contributed by atoms with E-state index in [0.29, 0.717) is 13.0 Å². The third-order valence-electron chi connectivity index (χ3n) is 2.54. The second-order valence-corrected chi connectivity index (χ2v) is 3.49. The van der Waals surface area contributed by atoms with Crippen molar-refractivity contribution in [1.29, 1.82) is 0 Å². The first-order valence-corrected chi connectivity index (χ1v) is 5.03. The lowest BCUT2D eigenvalue weighted by Gasteiger charge is -2.07. The van der Waals surface area contributed by atoms with Crippen LogP contribution < -0.4 is 0 Å². The molecule has 0 unspecified atom stereocenters. The summed E-state index contributed by atoms with van der Waals surface area (Å²) >= 11 is 0. The summed E-state index contributed by atoms with van der Waals surface area (Å²) in [5.41, 5.74) is 9.06. The van der Waals surface area contributed by atoms with Crippen LogP contribution in [0.3, 0.4) is 0 Å². The Hall–Kier alpha value is -2.19. The van der Waals surface area contributed by atoms with Crippen LogP contribution in [-0.4, -0.2) is 11.7 Å². The van der Waals surface area contributed by atoms with E-state index < -0.39 is 0 Å². The van der Waals surface area contributed by atoms with Crippen LogP contribution >= 0.6 is 0 Å². The molecule has 0 aromatic heterocycles. The minimum atomic E-state index is 0.256. The van der Waals surface area contributed by atoms with Crippen LogP contribution in [0.4, 0.5) is 0 Å². The van der Waals surface area contributed by atoms with Crippen molar-refractivity contribution >= 4 is 10.8 Å². The van der Waals surface area contributed by atoms with Gasteiger partial charge in [0, 0.05) is 17.0 Å². The molecule has 0 aliphatic carbocycles. The van der Waals surface area contributed by atoms with Crippen LogP contribution in [0.15, 0.2) is 41.5 Å². The van der Waals surface area contributed by atoms with E-state index in [1.54, 1.807) is 6.07 Å². The quantitative estimate of drug-likeness (QED) is 0.473. The number of hydrogen-bond acceptors (Lipinski definition) is 2. The molecule has 1 N–H and O–H groups in total. The molecule has 0 aliphatic heterocycles. The topological polar surface area (TPSA) is 69.0 Å². The predicted octanol–water partition coefficient (Wildman–Crippen LogP) is 3.40. The third-order valence-corrected chi connectivity index (χ3v) is 2.54. The van der Waals surface area contributed by atoms with E-state index in [2.05, 4.69) is 10.0 Å². The number of aromatic hydroxyl groups is 1. The Morgan fingerprint density at radius 1 is 1.19 bits per heavy atom. The number of benzene rings is 2. The zero-order valence-corrected chi connectivity index (χ0v) is 8.67. The van der Waals surface area contributed by atoms with Gasteiger partial charge in [-0.25, -0.2) is 0 Å². The van der Waals surface area contributed by atoms with Crippen LogP contribution in [0.5, 0.6) is 5.75 Å². The molecule has 16 heavy (non-hydrogen) atoms. The second-order valence-electron chi connectivity index (χ2n) is 3.49. The molecule has 0 heterocycles. The molecule has 4 nitrogen and oxygen atoms in total. The van der Waals surface area contributed by atoms with Gasteiger partial charge in [-0.1, -0.05) is 35.4 Å². The van der Waals surface area contributed by atoms with Crippen molar-refractivity contribution in [3.8, 4) is 5.75 Å². The van der Waals surface area contributed by atoms with E-state index in [0.717, 1.165) is 16.3 Å². The van der Waals surface area contributed by atoms with Crippen LogP contribution in [0, 0.1) is 0 Å². The Labute approximate surface area is 92.8 Å². The minimum Gasteiger partial charge on any atom is -0.508 e. The fourth-order valence-corrected chi connectivity index (χ4v) is 1.79. The Morgan fingerprint density at radius 3 is 2.81 bits per heavy atom. The molecular formula is C12H11N3O. The van der Waals surface area contributed by atoms with Gasteiger partial charge in [0.2, 0.25) is 0 Å². The molecule has 2 aromatic rings. The van der Waals surface area contributed by atoms with Crippen LogP contribution in [0.25, 0.3) is 21.2 Å². The molecule has 0 radical (unpaired) electrons. The average Bonchev–Trinajstić information content (AvgIpc) is 2.32. The average molecular weight is 213 g/mol. The lowest BCUT2D eigenvalue weighted by molar-refractivity contribution is 0.469. The summed E-state index contributed by atoms with van der Waals surface area (Å²) in [6.07, 6.45) is 0.553. The predicted molar refractivity (Wildman–Crippen MR) is 63.3 cm³/mol. The summed E-state index contributed by atoms with van der Waals surface area (Å²) in [6.45, 7) is 0.359. The molecule has 0 fully saturated rings. The van der Waals surface area contributed by atoms with E-state index in [1.807, 2.05) is 30.3 Å². The number of fused-ring (bicyclic) bond motifs is 1. The van der Waals surface area contributed by atoms with Crippen molar-refractivity contribution in [1.82, 2.24) is 0 Å². The third kappa shape index (κ3) is 1.92. The van der Waals surface area contributed by atoms with Gasteiger partial charge in [0.05, 0.1) is 0 Å². The smallest absolute Gasteiger partial charge is 0.119 e. The fraction of sp³-hybridized carbons (Fsp3) is 0.167. The highest BCUT2D eigenvalue weighted by Gasteiger charge is 2.05. The summed E-state index contributed by atoms with van der Waals surface area (Å²) in [5, 5.41) is 15.3. The summed E-state index contributed by atoms with van der Waals surface area (Å²) < 4.78 is 0. The van der Waals surface area contributed by atoms with Crippen LogP contribution in [0.1, 0.15) is 5.56 Å². The number of phenols is 1. The molecule has 2 rings (SSSR count). The maximum Gasteiger partial charge on any atom is 0.119 e. The fourth-order valence-electron chi connectivity index (χ4n) is 1.79. The maximum atomic E-state index is 9.77. The SMILES string of the molecule is [N-]=[N+]=NCCc1c(O)ccc2ccccc12. The van der Waals surface area contributed by atoms with Gasteiger partial charge in [-0.05, 0) is 28.8 Å². The van der Waals surface area contributed by atoms with E-state index in [-0.39, 0.29) is 5.75 Å². The summed E-state index contributed by atoms with van der Waals surface area (Å²) in [5.74, 6) is 0.256. The Morgan fingerprint density at radius 2 is 2.00 bits per heavy atom. The van der Waals surface area contributed by atoms with Crippen molar-refractivity contribution in [3.05, 3.63) is 52.4 Å². The Bertz CT molecular complexity index is 559. The van der Waals surface area contributed by atoms with Crippen molar-refractivity contribution in [2.24, 2.45) is 5.11 Å². The molecule has 0 amide bonds. The molecule has 0 saturated carbocycles. The normalized spacial score (nSPS) is 10.0. The van der Waals surface area contributed by atoms with Gasteiger partial charge >= 0.3 is 0 Å². The van der Waals surface area contributed by atoms with Gasteiger partial charge in [-0.2, -0.15) is 0 Å². The van der Waals surface area contributed by atoms with Gasteiger partial charge < -0.3 is 5.11 Å². The number of nitrogens with zero attached hydrogens (tertiary/aromatic N) is 3. The summed E-state index contributed by atoms with van der Waals surface area (Å²) in [7, 11) is 0. The zero-order chi connectivity index (χ0) is 11.4. The lowest BCUT2D eigenvalue weighted by Crippen LogP contribution is -1.91. The van der Waals surface area contributed by atoms with E-state index in [4.69, 9.17) is 5.53 Å². The first-order chi connectivity index (χ1) is 7.83. The van der Waals surface area contributed by atoms with Crippen LogP contribution in [0.2, 0.25) is 0 Å². The maximum absolute atomic E-state index is 9.77. The number of hydrogen-bond donors (Lipinski definition) is 1. The van der Waals surface area contributed by atoms with Crippen molar-refractivity contribution in [3.63, 3.8) is 0 Å². The molecule has 0 spiro atoms. The largest absolute Gasteiger partial charge is 0.508 e. The second kappa shape index (κ2) is 4.55. The van der Waals surface area contributed by atoms with E-state index in [9.17, 15) is 5.11 Å². The molecule has 0 aliphatic rings. The van der Waals surface area contributed by atoms with E-state index in [1.165, 1.54) is 0 Å². The zero-order valence-electron chi connectivity index (χ0n) is 8.67. The Kier molecular flexibility index (Phi) is 2.94. The Balaban J connectivity index is 2.48. The number of azide groups is 1. The highest BCUT2D eigenvalue weighted by Crippen LogP contribution is 2.27. The molecule has 80 valence electrons. The first kappa shape index (κ1) is 10.3. The van der Waals surface area contributed by atoms with E-state index >= 15 is 0 Å². The van der Waals surface area contributed by atoms with Gasteiger partial charge in [0.25, 0.3) is 0 Å². The molecule has 0 bridgehead atoms. The van der Waals surface area contributed by atoms with Gasteiger partial charge in [0.1, 0.15) is 5.75 Å². The lowest BCUT2D eigenvalue weighted by atomic mass is 10.0. The molecule has 4 heteroatoms. The van der Waals surface area contributed by atoms with Crippen molar-refractivity contribution < 1.29 is 5.11 Å². The minimum absolute atomic E-state index is 0.256. The van der Waals surface area contributed by atoms with Crippen molar-refractivity contribution in [2.45, 2.75) is 6.42 Å². The number of phenolic OH excluding ortho intramolecular Hbond substituents is 1. The van der Waals surface area contributed by atoms with Crippen LogP contribution in [-0.2, 0) is 6.42 Å².